The van der Waals surface area contributed by atoms with Crippen molar-refractivity contribution in [1.29, 1.82) is 0 Å². The van der Waals surface area contributed by atoms with E-state index >= 15 is 0 Å². The molecule has 0 aliphatic carbocycles. The Balaban J connectivity index is 3.00. The van der Waals surface area contributed by atoms with Crippen LogP contribution in [0.3, 0.4) is 0 Å². The van der Waals surface area contributed by atoms with Crippen molar-refractivity contribution in [2.45, 2.75) is 13.8 Å². The lowest BCUT2D eigenvalue weighted by molar-refractivity contribution is 0.634. The number of nitrogen functional groups attached to an aromatic ring is 1. The maximum atomic E-state index is 13.3. The third-order valence-corrected chi connectivity index (χ3v) is 2.31. The maximum Gasteiger partial charge on any atom is 0.151 e. The fraction of sp³-hybridized carbons (Fsp3) is 0.222. The molecule has 68 valence electrons. The Morgan fingerprint density at radius 1 is 1.46 bits per heavy atom. The number of hydrogen-bond acceptors (Lipinski definition) is 2. The van der Waals surface area contributed by atoms with Crippen molar-refractivity contribution >= 4 is 16.7 Å². The topological polar surface area (TPSA) is 54.7 Å². The first-order chi connectivity index (χ1) is 6.11. The number of halogens is 1. The lowest BCUT2D eigenvalue weighted by Gasteiger charge is -1.96. The number of aryl methyl sites for hydroxylation is 2. The summed E-state index contributed by atoms with van der Waals surface area (Å²) in [5, 5.41) is 0.546. The second-order valence-corrected chi connectivity index (χ2v) is 3.12. The maximum absolute atomic E-state index is 13.3. The molecule has 0 atom stereocenters. The molecule has 2 heterocycles. The van der Waals surface area contributed by atoms with Gasteiger partial charge in [0.2, 0.25) is 0 Å². The molecule has 0 amide bonds. The highest BCUT2D eigenvalue weighted by Crippen LogP contribution is 2.26. The van der Waals surface area contributed by atoms with Crippen LogP contribution in [-0.2, 0) is 0 Å². The first kappa shape index (κ1) is 8.04. The number of rotatable bonds is 0. The van der Waals surface area contributed by atoms with Gasteiger partial charge in [-0.2, -0.15) is 0 Å². The highest BCUT2D eigenvalue weighted by molar-refractivity contribution is 5.91. The van der Waals surface area contributed by atoms with E-state index in [1.807, 2.05) is 13.8 Å². The van der Waals surface area contributed by atoms with Crippen molar-refractivity contribution in [2.75, 3.05) is 5.73 Å². The van der Waals surface area contributed by atoms with Crippen molar-refractivity contribution in [1.82, 2.24) is 9.97 Å². The molecule has 2 aromatic heterocycles. The van der Waals surface area contributed by atoms with E-state index in [9.17, 15) is 4.39 Å². The molecule has 0 saturated heterocycles. The summed E-state index contributed by atoms with van der Waals surface area (Å²) in [6.07, 6.45) is 1.15. The van der Waals surface area contributed by atoms with E-state index in [2.05, 4.69) is 9.97 Å². The molecule has 0 saturated carbocycles. The lowest BCUT2D eigenvalue weighted by atomic mass is 10.2. The van der Waals surface area contributed by atoms with Gasteiger partial charge in [-0.3, -0.25) is 0 Å². The van der Waals surface area contributed by atoms with Crippen molar-refractivity contribution in [3.8, 4) is 0 Å². The van der Waals surface area contributed by atoms with Gasteiger partial charge in [-0.1, -0.05) is 0 Å². The first-order valence-corrected chi connectivity index (χ1v) is 4.00. The van der Waals surface area contributed by atoms with Gasteiger partial charge >= 0.3 is 0 Å². The highest BCUT2D eigenvalue weighted by atomic mass is 19.1. The lowest BCUT2D eigenvalue weighted by Crippen LogP contribution is -1.92. The third-order valence-electron chi connectivity index (χ3n) is 2.31. The number of nitrogens with two attached hydrogens (primary N) is 1. The fourth-order valence-corrected chi connectivity index (χ4v) is 1.46. The van der Waals surface area contributed by atoms with Crippen LogP contribution >= 0.6 is 0 Å². The van der Waals surface area contributed by atoms with Gasteiger partial charge in [-0.15, -0.1) is 0 Å². The second kappa shape index (κ2) is 2.45. The second-order valence-electron chi connectivity index (χ2n) is 3.12. The van der Waals surface area contributed by atoms with Crippen molar-refractivity contribution in [3.05, 3.63) is 23.3 Å². The normalized spacial score (nSPS) is 11.0. The minimum absolute atomic E-state index is 0.328. The van der Waals surface area contributed by atoms with Crippen molar-refractivity contribution < 1.29 is 4.39 Å². The van der Waals surface area contributed by atoms with E-state index in [1.54, 1.807) is 0 Å². The van der Waals surface area contributed by atoms with Crippen LogP contribution in [0.1, 0.15) is 11.3 Å². The van der Waals surface area contributed by atoms with Crippen LogP contribution in [0.15, 0.2) is 6.20 Å². The predicted molar refractivity (Wildman–Crippen MR) is 49.9 cm³/mol. The monoisotopic (exact) mass is 179 g/mol. The van der Waals surface area contributed by atoms with Crippen LogP contribution in [0.5, 0.6) is 0 Å². The number of pyridine rings is 1. The molecule has 0 aromatic carbocycles. The number of H-pyrrole nitrogens is 1. The molecular formula is C9H10FN3. The van der Waals surface area contributed by atoms with Gasteiger partial charge in [0, 0.05) is 11.1 Å². The standard InChI is InChI=1S/C9H10FN3/c1-4-5(2)13-8-7(4)6(10)3-12-9(8)11/h3,13H,1-2H3,(H2,11,12). The highest BCUT2D eigenvalue weighted by Gasteiger charge is 2.11. The van der Waals surface area contributed by atoms with E-state index in [4.69, 9.17) is 5.73 Å². The Kier molecular flexibility index (Phi) is 1.52. The van der Waals surface area contributed by atoms with Gasteiger partial charge in [-0.05, 0) is 19.4 Å². The average Bonchev–Trinajstić information content (AvgIpc) is 2.38. The molecule has 4 heteroatoms. The number of nitrogens with zero attached hydrogens (tertiary/aromatic N) is 1. The summed E-state index contributed by atoms with van der Waals surface area (Å²) in [5.74, 6) is 0.0126. The minimum Gasteiger partial charge on any atom is -0.382 e. The Hall–Kier alpha value is -1.58. The average molecular weight is 179 g/mol. The molecule has 0 aliphatic heterocycles. The molecule has 2 rings (SSSR count). The summed E-state index contributed by atoms with van der Waals surface area (Å²) in [4.78, 5) is 6.74. The van der Waals surface area contributed by atoms with Crippen LogP contribution in [-0.4, -0.2) is 9.97 Å². The Morgan fingerprint density at radius 2 is 2.15 bits per heavy atom. The number of aromatic nitrogens is 2. The number of aromatic amines is 1. The van der Waals surface area contributed by atoms with E-state index in [-0.39, 0.29) is 5.82 Å². The van der Waals surface area contributed by atoms with Crippen LogP contribution in [0.4, 0.5) is 10.2 Å². The Bertz CT molecular complexity index is 473. The van der Waals surface area contributed by atoms with Crippen LogP contribution in [0.2, 0.25) is 0 Å². The molecule has 0 fully saturated rings. The molecule has 13 heavy (non-hydrogen) atoms. The first-order valence-electron chi connectivity index (χ1n) is 4.00. The predicted octanol–water partition coefficient (Wildman–Crippen LogP) is 1.90. The number of nitrogens with one attached hydrogen (secondary N) is 1. The largest absolute Gasteiger partial charge is 0.382 e. The molecule has 0 unspecified atom stereocenters. The molecule has 0 radical (unpaired) electrons. The SMILES string of the molecule is Cc1[nH]c2c(N)ncc(F)c2c1C. The fourth-order valence-electron chi connectivity index (χ4n) is 1.46. The molecule has 0 bridgehead atoms. The van der Waals surface area contributed by atoms with E-state index in [0.29, 0.717) is 16.7 Å². The van der Waals surface area contributed by atoms with Gasteiger partial charge in [0.25, 0.3) is 0 Å². The number of hydrogen-bond donors (Lipinski definition) is 2. The van der Waals surface area contributed by atoms with Crippen molar-refractivity contribution in [2.24, 2.45) is 0 Å². The molecule has 2 aromatic rings. The summed E-state index contributed by atoms with van der Waals surface area (Å²) in [6.45, 7) is 3.74. The Morgan fingerprint density at radius 3 is 2.77 bits per heavy atom. The quantitative estimate of drug-likeness (QED) is 0.649. The zero-order chi connectivity index (χ0) is 9.59. The van der Waals surface area contributed by atoms with Gasteiger partial charge in [0.05, 0.1) is 11.7 Å². The van der Waals surface area contributed by atoms with Gasteiger partial charge in [0.15, 0.2) is 5.82 Å². The Labute approximate surface area is 74.8 Å². The zero-order valence-electron chi connectivity index (χ0n) is 7.48. The molecule has 0 spiro atoms. The summed E-state index contributed by atoms with van der Waals surface area (Å²) in [5.41, 5.74) is 8.01. The molecule has 0 aliphatic rings. The molecular weight excluding hydrogens is 169 g/mol. The molecule has 3 N–H and O–H groups in total. The number of anilines is 1. The van der Waals surface area contributed by atoms with Crippen LogP contribution < -0.4 is 5.73 Å². The molecule has 3 nitrogen and oxygen atoms in total. The minimum atomic E-state index is -0.328. The summed E-state index contributed by atoms with van der Waals surface area (Å²) >= 11 is 0. The summed E-state index contributed by atoms with van der Waals surface area (Å²) < 4.78 is 13.3. The smallest absolute Gasteiger partial charge is 0.151 e. The van der Waals surface area contributed by atoms with Gasteiger partial charge < -0.3 is 10.7 Å². The zero-order valence-corrected chi connectivity index (χ0v) is 7.48. The third kappa shape index (κ3) is 0.983. The van der Waals surface area contributed by atoms with Gasteiger partial charge in [0.1, 0.15) is 5.82 Å². The van der Waals surface area contributed by atoms with Crippen molar-refractivity contribution in [3.63, 3.8) is 0 Å². The van der Waals surface area contributed by atoms with E-state index < -0.39 is 0 Å². The number of fused-ring (bicyclic) bond motifs is 1. The summed E-state index contributed by atoms with van der Waals surface area (Å²) in [6, 6.07) is 0. The van der Waals surface area contributed by atoms with Crippen LogP contribution in [0, 0.1) is 19.7 Å². The van der Waals surface area contributed by atoms with Crippen LogP contribution in [0.25, 0.3) is 10.9 Å². The van der Waals surface area contributed by atoms with E-state index in [0.717, 1.165) is 17.5 Å². The van der Waals surface area contributed by atoms with E-state index in [1.165, 1.54) is 0 Å². The van der Waals surface area contributed by atoms with Gasteiger partial charge in [-0.25, -0.2) is 9.37 Å². The summed E-state index contributed by atoms with van der Waals surface area (Å²) in [7, 11) is 0.